The minimum atomic E-state index is 0.0908. The zero-order valence-corrected chi connectivity index (χ0v) is 11.1. The highest BCUT2D eigenvalue weighted by atomic mass is 35.5. The molecular weight excluding hydrogens is 266 g/mol. The summed E-state index contributed by atoms with van der Waals surface area (Å²) in [5, 5.41) is 13.3. The molecule has 0 unspecified atom stereocenters. The first-order chi connectivity index (χ1) is 8.66. The lowest BCUT2D eigenvalue weighted by atomic mass is 10.2. The molecule has 2 aromatic carbocycles. The van der Waals surface area contributed by atoms with Crippen LogP contribution < -0.4 is 5.32 Å². The van der Waals surface area contributed by atoms with Gasteiger partial charge in [-0.3, -0.25) is 0 Å². The maximum Gasteiger partial charge on any atom is 0.127 e. The van der Waals surface area contributed by atoms with Crippen LogP contribution in [0, 0.1) is 0 Å². The summed E-state index contributed by atoms with van der Waals surface area (Å²) in [6.45, 7) is 0.627. The van der Waals surface area contributed by atoms with Crippen molar-refractivity contribution in [2.24, 2.45) is 0 Å². The first-order valence-corrected chi connectivity index (χ1v) is 6.26. The van der Waals surface area contributed by atoms with Crippen LogP contribution in [-0.4, -0.2) is 10.1 Å². The lowest BCUT2D eigenvalue weighted by Crippen LogP contribution is -2.21. The zero-order chi connectivity index (χ0) is 13.0. The molecule has 0 spiro atoms. The van der Waals surface area contributed by atoms with Gasteiger partial charge in [0.2, 0.25) is 0 Å². The Balaban J connectivity index is 2.04. The fourth-order valence-electron chi connectivity index (χ4n) is 1.57. The van der Waals surface area contributed by atoms with Crippen LogP contribution in [0.15, 0.2) is 48.5 Å². The monoisotopic (exact) mass is 277 g/mol. The molecule has 0 bridgehead atoms. The molecule has 0 aliphatic carbocycles. The summed E-state index contributed by atoms with van der Waals surface area (Å²) >= 11 is 11.0. The molecule has 18 heavy (non-hydrogen) atoms. The van der Waals surface area contributed by atoms with Crippen molar-refractivity contribution in [3.05, 3.63) is 64.7 Å². The van der Waals surface area contributed by atoms with Crippen molar-refractivity contribution in [3.8, 4) is 5.75 Å². The van der Waals surface area contributed by atoms with Gasteiger partial charge in [0, 0.05) is 11.6 Å². The average molecular weight is 278 g/mol. The zero-order valence-electron chi connectivity index (χ0n) is 9.56. The van der Waals surface area contributed by atoms with Crippen molar-refractivity contribution in [1.82, 2.24) is 5.32 Å². The molecular formula is C14H12ClNOS. The van der Waals surface area contributed by atoms with Crippen LogP contribution in [-0.2, 0) is 6.54 Å². The Morgan fingerprint density at radius 3 is 2.56 bits per heavy atom. The number of phenolic OH excluding ortho intramolecular Hbond substituents is 1. The van der Waals surface area contributed by atoms with Gasteiger partial charge >= 0.3 is 0 Å². The smallest absolute Gasteiger partial charge is 0.127 e. The first-order valence-electron chi connectivity index (χ1n) is 5.47. The van der Waals surface area contributed by atoms with E-state index in [-0.39, 0.29) is 5.75 Å². The molecule has 92 valence electrons. The largest absolute Gasteiger partial charge is 0.507 e. The minimum absolute atomic E-state index is 0.0908. The Morgan fingerprint density at radius 2 is 1.89 bits per heavy atom. The van der Waals surface area contributed by atoms with Crippen molar-refractivity contribution in [1.29, 1.82) is 0 Å². The summed E-state index contributed by atoms with van der Waals surface area (Å²) in [5.74, 6) is 0.0908. The summed E-state index contributed by atoms with van der Waals surface area (Å²) in [4.78, 5) is 0.507. The number of halogens is 1. The van der Waals surface area contributed by atoms with E-state index in [1.165, 1.54) is 6.07 Å². The summed E-state index contributed by atoms with van der Waals surface area (Å²) < 4.78 is 0. The summed E-state index contributed by atoms with van der Waals surface area (Å²) in [6, 6.07) is 14.8. The van der Waals surface area contributed by atoms with Gasteiger partial charge in [0.15, 0.2) is 0 Å². The fraction of sp³-hybridized carbons (Fsp3) is 0.0714. The van der Waals surface area contributed by atoms with Gasteiger partial charge in [0.1, 0.15) is 10.7 Å². The number of thiocarbonyl (C=S) groups is 1. The van der Waals surface area contributed by atoms with Gasteiger partial charge in [-0.15, -0.1) is 0 Å². The van der Waals surface area contributed by atoms with Crippen LogP contribution in [0.2, 0.25) is 5.02 Å². The molecule has 0 aliphatic rings. The number of phenols is 1. The molecule has 0 saturated carbocycles. The maximum absolute atomic E-state index is 9.75. The average Bonchev–Trinajstić information content (AvgIpc) is 2.37. The maximum atomic E-state index is 9.75. The molecule has 2 nitrogen and oxygen atoms in total. The van der Waals surface area contributed by atoms with E-state index in [0.29, 0.717) is 22.1 Å². The molecule has 0 heterocycles. The fourth-order valence-corrected chi connectivity index (χ4v) is 1.98. The molecule has 0 atom stereocenters. The highest BCUT2D eigenvalue weighted by Gasteiger charge is 2.07. The van der Waals surface area contributed by atoms with E-state index in [4.69, 9.17) is 23.8 Å². The van der Waals surface area contributed by atoms with Crippen LogP contribution in [0.5, 0.6) is 5.75 Å². The van der Waals surface area contributed by atoms with Crippen molar-refractivity contribution < 1.29 is 5.11 Å². The quantitative estimate of drug-likeness (QED) is 0.842. The second-order valence-corrected chi connectivity index (χ2v) is 4.67. The predicted molar refractivity (Wildman–Crippen MR) is 78.1 cm³/mol. The Bertz CT molecular complexity index is 557. The summed E-state index contributed by atoms with van der Waals surface area (Å²) in [6.07, 6.45) is 0. The lowest BCUT2D eigenvalue weighted by Gasteiger charge is -2.09. The standard InChI is InChI=1S/C14H12ClNOS/c15-11-6-7-12(13(17)8-11)14(18)16-9-10-4-2-1-3-5-10/h1-8,17H,9H2,(H,16,18). The Morgan fingerprint density at radius 1 is 1.17 bits per heavy atom. The normalized spacial score (nSPS) is 10.1. The minimum Gasteiger partial charge on any atom is -0.507 e. The van der Waals surface area contributed by atoms with E-state index in [2.05, 4.69) is 5.32 Å². The predicted octanol–water partition coefficient (Wildman–Crippen LogP) is 3.51. The number of rotatable bonds is 3. The van der Waals surface area contributed by atoms with Gasteiger partial charge in [-0.1, -0.05) is 54.2 Å². The lowest BCUT2D eigenvalue weighted by molar-refractivity contribution is 0.474. The van der Waals surface area contributed by atoms with Crippen molar-refractivity contribution in [3.63, 3.8) is 0 Å². The van der Waals surface area contributed by atoms with Gasteiger partial charge < -0.3 is 10.4 Å². The van der Waals surface area contributed by atoms with Gasteiger partial charge in [-0.2, -0.15) is 0 Å². The van der Waals surface area contributed by atoms with Crippen LogP contribution in [0.4, 0.5) is 0 Å². The molecule has 0 aromatic heterocycles. The molecule has 0 saturated heterocycles. The number of aromatic hydroxyl groups is 1. The summed E-state index contributed by atoms with van der Waals surface area (Å²) in [5.41, 5.74) is 1.72. The molecule has 0 radical (unpaired) electrons. The van der Waals surface area contributed by atoms with Gasteiger partial charge in [-0.25, -0.2) is 0 Å². The Labute approximate surface area is 116 Å². The van der Waals surface area contributed by atoms with Crippen LogP contribution in [0.1, 0.15) is 11.1 Å². The van der Waals surface area contributed by atoms with E-state index in [0.717, 1.165) is 5.56 Å². The molecule has 2 aromatic rings. The number of hydrogen-bond acceptors (Lipinski definition) is 2. The van der Waals surface area contributed by atoms with Crippen molar-refractivity contribution >= 4 is 28.8 Å². The van der Waals surface area contributed by atoms with E-state index < -0.39 is 0 Å². The van der Waals surface area contributed by atoms with E-state index in [1.54, 1.807) is 12.1 Å². The second-order valence-electron chi connectivity index (χ2n) is 3.83. The first kappa shape index (κ1) is 12.9. The van der Waals surface area contributed by atoms with Gasteiger partial charge in [0.05, 0.1) is 5.56 Å². The number of benzene rings is 2. The van der Waals surface area contributed by atoms with E-state index in [9.17, 15) is 5.11 Å². The van der Waals surface area contributed by atoms with E-state index >= 15 is 0 Å². The van der Waals surface area contributed by atoms with Crippen molar-refractivity contribution in [2.75, 3.05) is 0 Å². The molecule has 0 fully saturated rings. The molecule has 0 amide bonds. The Hall–Kier alpha value is -1.58. The van der Waals surface area contributed by atoms with Gasteiger partial charge in [0.25, 0.3) is 0 Å². The number of hydrogen-bond donors (Lipinski definition) is 2. The Kier molecular flexibility index (Phi) is 4.18. The SMILES string of the molecule is Oc1cc(Cl)ccc1C(=S)NCc1ccccc1. The van der Waals surface area contributed by atoms with Crippen LogP contribution in [0.3, 0.4) is 0 Å². The van der Waals surface area contributed by atoms with Crippen molar-refractivity contribution in [2.45, 2.75) is 6.54 Å². The van der Waals surface area contributed by atoms with Crippen LogP contribution >= 0.6 is 23.8 Å². The third-order valence-electron chi connectivity index (χ3n) is 2.50. The third kappa shape index (κ3) is 3.22. The highest BCUT2D eigenvalue weighted by molar-refractivity contribution is 7.80. The third-order valence-corrected chi connectivity index (χ3v) is 3.10. The topological polar surface area (TPSA) is 32.3 Å². The molecule has 2 rings (SSSR count). The highest BCUT2D eigenvalue weighted by Crippen LogP contribution is 2.22. The molecule has 2 N–H and O–H groups in total. The summed E-state index contributed by atoms with van der Waals surface area (Å²) in [7, 11) is 0. The van der Waals surface area contributed by atoms with Crippen LogP contribution in [0.25, 0.3) is 0 Å². The second kappa shape index (κ2) is 5.85. The van der Waals surface area contributed by atoms with E-state index in [1.807, 2.05) is 30.3 Å². The molecule has 0 aliphatic heterocycles. The van der Waals surface area contributed by atoms with Gasteiger partial charge in [-0.05, 0) is 23.8 Å². The molecule has 4 heteroatoms. The number of nitrogens with one attached hydrogen (secondary N) is 1.